The highest BCUT2D eigenvalue weighted by Crippen LogP contribution is 2.57. The van der Waals surface area contributed by atoms with Gasteiger partial charge in [-0.15, -0.1) is 0 Å². The van der Waals surface area contributed by atoms with Crippen LogP contribution in [0.3, 0.4) is 0 Å². The van der Waals surface area contributed by atoms with Crippen LogP contribution in [0.15, 0.2) is 24.3 Å². The summed E-state index contributed by atoms with van der Waals surface area (Å²) in [6.07, 6.45) is 4.26. The van der Waals surface area contributed by atoms with Crippen LogP contribution in [0.2, 0.25) is 0 Å². The highest BCUT2D eigenvalue weighted by molar-refractivity contribution is 5.83. The van der Waals surface area contributed by atoms with Gasteiger partial charge in [-0.2, -0.15) is 0 Å². The molecule has 2 heterocycles. The van der Waals surface area contributed by atoms with Gasteiger partial charge in [0, 0.05) is 25.6 Å². The van der Waals surface area contributed by atoms with E-state index in [0.717, 1.165) is 51.9 Å². The number of hydrogen-bond donors (Lipinski definition) is 1. The third-order valence-corrected chi connectivity index (χ3v) is 5.80. The number of nitrogens with zero attached hydrogens (tertiary/aromatic N) is 1. The second-order valence-corrected chi connectivity index (χ2v) is 7.32. The Kier molecular flexibility index (Phi) is 3.44. The number of carbonyl (C=O) groups is 1. The Bertz CT molecular complexity index is 565. The summed E-state index contributed by atoms with van der Waals surface area (Å²) in [5.41, 5.74) is 1.47. The van der Waals surface area contributed by atoms with Gasteiger partial charge >= 0.3 is 0 Å². The Morgan fingerprint density at radius 2 is 2.18 bits per heavy atom. The molecular weight excluding hydrogens is 279 g/mol. The van der Waals surface area contributed by atoms with Crippen LogP contribution < -0.4 is 5.32 Å². The first kappa shape index (κ1) is 14.2. The van der Waals surface area contributed by atoms with Crippen LogP contribution in [-0.4, -0.2) is 37.0 Å². The predicted molar refractivity (Wildman–Crippen MR) is 82.8 cm³/mol. The van der Waals surface area contributed by atoms with Crippen molar-refractivity contribution in [2.24, 2.45) is 17.3 Å². The van der Waals surface area contributed by atoms with E-state index in [0.29, 0.717) is 17.2 Å². The van der Waals surface area contributed by atoms with E-state index in [4.69, 9.17) is 0 Å². The van der Waals surface area contributed by atoms with E-state index >= 15 is 0 Å². The lowest BCUT2D eigenvalue weighted by Gasteiger charge is -2.18. The van der Waals surface area contributed by atoms with Crippen molar-refractivity contribution in [1.82, 2.24) is 10.2 Å². The standard InChI is InChI=1S/C18H23FN2O/c19-15-3-1-13(2-4-15)9-14-5-8-21(11-14)17(22)16-10-18(16)6-7-20-12-18/h1-4,14,16,20H,5-12H2. The molecule has 22 heavy (non-hydrogen) atoms. The van der Waals surface area contributed by atoms with Gasteiger partial charge in [0.15, 0.2) is 0 Å². The molecule has 4 rings (SSSR count). The van der Waals surface area contributed by atoms with Crippen LogP contribution in [0.25, 0.3) is 0 Å². The Morgan fingerprint density at radius 1 is 1.36 bits per heavy atom. The summed E-state index contributed by atoms with van der Waals surface area (Å²) in [6.45, 7) is 3.86. The fourth-order valence-corrected chi connectivity index (χ4v) is 4.31. The molecule has 1 spiro atoms. The zero-order valence-corrected chi connectivity index (χ0v) is 12.9. The highest BCUT2D eigenvalue weighted by atomic mass is 19.1. The van der Waals surface area contributed by atoms with Crippen molar-refractivity contribution in [1.29, 1.82) is 0 Å². The molecule has 3 fully saturated rings. The van der Waals surface area contributed by atoms with E-state index in [-0.39, 0.29) is 11.7 Å². The highest BCUT2D eigenvalue weighted by Gasteiger charge is 2.60. The van der Waals surface area contributed by atoms with Crippen molar-refractivity contribution in [3.63, 3.8) is 0 Å². The van der Waals surface area contributed by atoms with E-state index in [1.54, 1.807) is 0 Å². The van der Waals surface area contributed by atoms with E-state index in [9.17, 15) is 9.18 Å². The molecular formula is C18H23FN2O. The summed E-state index contributed by atoms with van der Waals surface area (Å²) in [6, 6.07) is 6.77. The summed E-state index contributed by atoms with van der Waals surface area (Å²) in [5.74, 6) is 0.986. The predicted octanol–water partition coefficient (Wildman–Crippen LogP) is 2.22. The Labute approximate surface area is 130 Å². The lowest BCUT2D eigenvalue weighted by molar-refractivity contribution is -0.132. The van der Waals surface area contributed by atoms with Crippen molar-refractivity contribution >= 4 is 5.91 Å². The SMILES string of the molecule is O=C(C1CC12CCNC2)N1CCC(Cc2ccc(F)cc2)C1. The maximum atomic E-state index is 13.0. The summed E-state index contributed by atoms with van der Waals surface area (Å²) in [5, 5.41) is 3.40. The molecule has 4 heteroatoms. The summed E-state index contributed by atoms with van der Waals surface area (Å²) in [4.78, 5) is 14.7. The molecule has 118 valence electrons. The molecule has 0 bridgehead atoms. The molecule has 0 radical (unpaired) electrons. The fraction of sp³-hybridized carbons (Fsp3) is 0.611. The minimum Gasteiger partial charge on any atom is -0.342 e. The number of benzene rings is 1. The number of likely N-dealkylation sites (tertiary alicyclic amines) is 1. The number of amides is 1. The Balaban J connectivity index is 1.32. The fourth-order valence-electron chi connectivity index (χ4n) is 4.31. The zero-order valence-electron chi connectivity index (χ0n) is 12.9. The lowest BCUT2D eigenvalue weighted by atomic mass is 9.99. The van der Waals surface area contributed by atoms with Crippen molar-refractivity contribution in [3.8, 4) is 0 Å². The molecule has 1 aromatic rings. The molecule has 2 aliphatic heterocycles. The summed E-state index contributed by atoms with van der Waals surface area (Å²) < 4.78 is 13.0. The third-order valence-electron chi connectivity index (χ3n) is 5.80. The maximum absolute atomic E-state index is 13.0. The van der Waals surface area contributed by atoms with Gasteiger partial charge in [0.1, 0.15) is 5.82 Å². The molecule has 2 saturated heterocycles. The third kappa shape index (κ3) is 2.54. The first-order valence-electron chi connectivity index (χ1n) is 8.40. The summed E-state index contributed by atoms with van der Waals surface area (Å²) >= 11 is 0. The molecule has 3 atom stereocenters. The number of carbonyl (C=O) groups excluding carboxylic acids is 1. The smallest absolute Gasteiger partial charge is 0.226 e. The van der Waals surface area contributed by atoms with Gasteiger partial charge in [-0.25, -0.2) is 4.39 Å². The Morgan fingerprint density at radius 3 is 2.91 bits per heavy atom. The van der Waals surface area contributed by atoms with Crippen molar-refractivity contribution in [2.45, 2.75) is 25.7 Å². The van der Waals surface area contributed by atoms with E-state index in [1.165, 1.54) is 17.7 Å². The van der Waals surface area contributed by atoms with Gasteiger partial charge in [-0.3, -0.25) is 4.79 Å². The molecule has 1 saturated carbocycles. The number of nitrogens with one attached hydrogen (secondary N) is 1. The molecule has 3 unspecified atom stereocenters. The van der Waals surface area contributed by atoms with Gasteiger partial charge < -0.3 is 10.2 Å². The topological polar surface area (TPSA) is 32.3 Å². The zero-order chi connectivity index (χ0) is 15.2. The minimum absolute atomic E-state index is 0.184. The van der Waals surface area contributed by atoms with Crippen LogP contribution in [0, 0.1) is 23.1 Å². The van der Waals surface area contributed by atoms with Crippen molar-refractivity contribution in [3.05, 3.63) is 35.6 Å². The van der Waals surface area contributed by atoms with Crippen LogP contribution in [-0.2, 0) is 11.2 Å². The monoisotopic (exact) mass is 302 g/mol. The number of halogens is 1. The van der Waals surface area contributed by atoms with E-state index < -0.39 is 0 Å². The van der Waals surface area contributed by atoms with Gasteiger partial charge in [-0.05, 0) is 61.3 Å². The van der Waals surface area contributed by atoms with E-state index in [1.807, 2.05) is 12.1 Å². The molecule has 3 nitrogen and oxygen atoms in total. The van der Waals surface area contributed by atoms with Crippen LogP contribution >= 0.6 is 0 Å². The lowest BCUT2D eigenvalue weighted by Crippen LogP contribution is -2.32. The molecule has 0 aromatic heterocycles. The first-order chi connectivity index (χ1) is 10.7. The van der Waals surface area contributed by atoms with Crippen LogP contribution in [0.5, 0.6) is 0 Å². The van der Waals surface area contributed by atoms with Gasteiger partial charge in [-0.1, -0.05) is 12.1 Å². The number of rotatable bonds is 3. The minimum atomic E-state index is -0.184. The Hall–Kier alpha value is -1.42. The molecule has 3 aliphatic rings. The maximum Gasteiger partial charge on any atom is 0.226 e. The second-order valence-electron chi connectivity index (χ2n) is 7.32. The average Bonchev–Trinajstić information content (AvgIpc) is 2.87. The molecule has 1 aliphatic carbocycles. The van der Waals surface area contributed by atoms with Gasteiger partial charge in [0.2, 0.25) is 5.91 Å². The normalized spacial score (nSPS) is 33.6. The molecule has 1 N–H and O–H groups in total. The summed E-state index contributed by atoms with van der Waals surface area (Å²) in [7, 11) is 0. The van der Waals surface area contributed by atoms with Gasteiger partial charge in [0.25, 0.3) is 0 Å². The van der Waals surface area contributed by atoms with Crippen LogP contribution in [0.4, 0.5) is 4.39 Å². The molecule has 1 aromatic carbocycles. The van der Waals surface area contributed by atoms with E-state index in [2.05, 4.69) is 10.2 Å². The van der Waals surface area contributed by atoms with Gasteiger partial charge in [0.05, 0.1) is 0 Å². The average molecular weight is 302 g/mol. The largest absolute Gasteiger partial charge is 0.342 e. The number of hydrogen-bond acceptors (Lipinski definition) is 2. The van der Waals surface area contributed by atoms with Crippen LogP contribution in [0.1, 0.15) is 24.8 Å². The second kappa shape index (κ2) is 5.34. The molecule has 1 amide bonds. The first-order valence-corrected chi connectivity index (χ1v) is 8.40. The van der Waals surface area contributed by atoms with Crippen molar-refractivity contribution < 1.29 is 9.18 Å². The van der Waals surface area contributed by atoms with Crippen molar-refractivity contribution in [2.75, 3.05) is 26.2 Å². The quantitative estimate of drug-likeness (QED) is 0.928.